The summed E-state index contributed by atoms with van der Waals surface area (Å²) in [6, 6.07) is 76.0. The van der Waals surface area contributed by atoms with Gasteiger partial charge in [-0.2, -0.15) is 35.2 Å². The van der Waals surface area contributed by atoms with E-state index in [2.05, 4.69) is 319 Å². The molecule has 0 unspecified atom stereocenters. The summed E-state index contributed by atoms with van der Waals surface area (Å²) < 4.78 is 37.8. The molecule has 20 rings (SSSR count). The molecule has 4 saturated carbocycles. The zero-order chi connectivity index (χ0) is 109. The number of phenols is 3. The molecule has 6 aliphatic carbocycles. The zero-order valence-corrected chi connectivity index (χ0v) is 105. The van der Waals surface area contributed by atoms with Crippen molar-refractivity contribution in [3.8, 4) is 72.9 Å². The van der Waals surface area contributed by atoms with Gasteiger partial charge in [0.2, 0.25) is 0 Å². The second-order valence-corrected chi connectivity index (χ2v) is 53.5. The largest absolute Gasteiger partial charge is 0.670 e. The molecule has 796 valence electrons. The van der Waals surface area contributed by atoms with E-state index in [0.29, 0.717) is 73.2 Å². The Hall–Kier alpha value is -8.80. The molecule has 150 heavy (non-hydrogen) atoms. The third kappa shape index (κ3) is 34.6. The van der Waals surface area contributed by atoms with Crippen LogP contribution in [0.1, 0.15) is 319 Å². The van der Waals surface area contributed by atoms with E-state index in [4.69, 9.17) is 30.2 Å². The quantitative estimate of drug-likeness (QED) is 0.0874. The number of nitrogens with zero attached hydrogens (tertiary/aromatic N) is 6. The van der Waals surface area contributed by atoms with Crippen molar-refractivity contribution in [2.45, 2.75) is 310 Å². The third-order valence-corrected chi connectivity index (χ3v) is 39.7. The van der Waals surface area contributed by atoms with Crippen molar-refractivity contribution in [2.24, 2.45) is 39.1 Å². The van der Waals surface area contributed by atoms with Crippen LogP contribution in [0.3, 0.4) is 0 Å². The standard InChI is InChI=1S/C34H46O.C21H22Br2O.C18H13FO.C10H15N.C10H12.C8H9N.C6H3Cl2N.2C6H8N.2C5H10.C4H4N.2Mo.W/c1-19(2)25-17-30(22(7)8)33(31(18-25)23(9)10)27-14-12-13-26(34(27)35)32-28(20(3)4)15-24(11)16-29(32)21(5)6;1-12-17(22)10-13-6-2-4-8-15(13)19(12)20-16-9-5-3-7-14(16)11-18(23)21(20)24;19-15-11-16(13-7-3-1-4-8-13)18(20)17(12-15)14-9-5-2-6-10-14;11-10-4-7-1-8(5-10)3-9(2-7)6-10;1-10(2,3)9-7-5-4-6-8-9;1-6-4-3-5-7(2)8(6)9;7-4-2-1-3-5(8)6(4)9;2*1-5-3-4-6(2)7-5;2*1-5(2,3)4;1-2-4-5-3-1;;;/h12-23,35H,1-11H3;10-11,24H,2-9H2,1H3;1-12,20H;7-9H,1-6H2;1,4-8H,2-3H3;3-5H,1-2H3;1-3H;2*3-4H,1-2H3;2*1H,2-4H3;1-4H;;;/q;;;;;;;2*-1;;;-1;;;. The van der Waals surface area contributed by atoms with Gasteiger partial charge in [0.1, 0.15) is 23.1 Å². The summed E-state index contributed by atoms with van der Waals surface area (Å²) in [7, 11) is 0. The summed E-state index contributed by atoms with van der Waals surface area (Å²) in [4.78, 5) is 11.9. The van der Waals surface area contributed by atoms with E-state index in [9.17, 15) is 19.7 Å². The molecule has 9 nitrogen and oxygen atoms in total. The van der Waals surface area contributed by atoms with Gasteiger partial charge in [0.25, 0.3) is 0 Å². The van der Waals surface area contributed by atoms with Gasteiger partial charge in [-0.15, -0.1) is 0 Å². The summed E-state index contributed by atoms with van der Waals surface area (Å²) >= 11 is 17.8. The predicted molar refractivity (Wildman–Crippen MR) is 635 cm³/mol. The second kappa shape index (κ2) is 56.5. The number of phenolic OH excluding ortho intramolecular Hbond substituents is 3. The number of benzene rings is 11. The van der Waals surface area contributed by atoms with E-state index in [1.807, 2.05) is 143 Å². The number of hydrogen-bond acceptors (Lipinski definition) is 6. The monoisotopic (exact) mass is 2520 g/mol. The van der Waals surface area contributed by atoms with Crippen molar-refractivity contribution in [3.63, 3.8) is 0 Å². The van der Waals surface area contributed by atoms with Crippen molar-refractivity contribution >= 4 is 79.6 Å². The minimum Gasteiger partial charge on any atom is -0.670 e. The molecule has 11 aromatic carbocycles. The van der Waals surface area contributed by atoms with Crippen LogP contribution < -0.4 is 15.0 Å². The summed E-state index contributed by atoms with van der Waals surface area (Å²) in [5.41, 5.74) is 35.7. The molecule has 0 radical (unpaired) electrons. The number of aromatic hydroxyl groups is 3. The van der Waals surface area contributed by atoms with E-state index in [1.165, 1.54) is 181 Å². The number of aromatic nitrogens is 3. The molecule has 3 heterocycles. The zero-order valence-electron chi connectivity index (χ0n) is 93.5. The smallest absolute Gasteiger partial charge is 0.131 e. The summed E-state index contributed by atoms with van der Waals surface area (Å²) in [5, 5.41) is 34.7. The predicted octanol–water partition coefficient (Wildman–Crippen LogP) is 39.1. The van der Waals surface area contributed by atoms with E-state index in [1.54, 1.807) is 12.4 Å². The first-order chi connectivity index (χ1) is 71.1. The van der Waals surface area contributed by atoms with Gasteiger partial charge in [0, 0.05) is 32.3 Å². The van der Waals surface area contributed by atoms with E-state index >= 15 is 0 Å². The number of fused-ring (bicyclic) bond motifs is 2. The first-order valence-electron chi connectivity index (χ1n) is 53.6. The molecule has 17 heteroatoms. The molecule has 3 N–H and O–H groups in total. The maximum atomic E-state index is 13.9. The first-order valence-corrected chi connectivity index (χ1v) is 63.0. The molecule has 0 saturated heterocycles. The molecule has 4 bridgehead atoms. The summed E-state index contributed by atoms with van der Waals surface area (Å²) in [6.07, 6.45) is 21.8. The van der Waals surface area contributed by atoms with Crippen molar-refractivity contribution in [1.29, 1.82) is 0 Å². The SMILES string of the molecule is CC(C)(C)[CH]=[W]=[N]c1c(Cl)cccc1Cl.CC(C)([CH]=[Mo]=[N]C12CC3CC(CC(C3)C1)C2)c1ccccc1.Cc1c(Br)cc2c(c1-c1c(O)c(Br)cc3c1CCCC3)CCCC2.Cc1cc(C(C)C)c(-c2cccc(-c3c(C(C)C)cc(C(C)C)cc3C(C)C)c2O)c(C(C)C)c1.Cc1ccc(C)[n-]1.Cc1ccc(C)[n-]1.Cc1cccc(C)c1[N]=[Mo]=[CH]C(C)(C)C.Oc1c(-c2ccccc2)cc(F)cc1-c1ccccc1.c1cc[n-]c1. The van der Waals surface area contributed by atoms with Crippen LogP contribution in [0.4, 0.5) is 15.8 Å². The Balaban J connectivity index is 0.000000167. The molecular weight excluding hydrogens is 2350 g/mol. The fraction of sp³-hybridized carbons (Fsp3) is 0.391. The molecule has 0 aliphatic heterocycles. The Labute approximate surface area is 949 Å². The van der Waals surface area contributed by atoms with Gasteiger partial charge in [-0.05, 0) is 218 Å². The van der Waals surface area contributed by atoms with Crippen LogP contribution >= 0.6 is 55.1 Å². The molecule has 4 fully saturated rings. The fourth-order valence-electron chi connectivity index (χ4n) is 20.8. The number of aryl methyl sites for hydroxylation is 9. The van der Waals surface area contributed by atoms with Gasteiger partial charge < -0.3 is 30.3 Å². The van der Waals surface area contributed by atoms with Crippen molar-refractivity contribution < 1.29 is 73.5 Å². The van der Waals surface area contributed by atoms with Crippen molar-refractivity contribution in [3.05, 3.63) is 368 Å². The molecule has 6 aliphatic rings. The van der Waals surface area contributed by atoms with E-state index < -0.39 is 17.9 Å². The molecule has 3 aromatic heterocycles. The van der Waals surface area contributed by atoms with Gasteiger partial charge in [-0.25, -0.2) is 4.39 Å². The van der Waals surface area contributed by atoms with Gasteiger partial charge in [0.05, 0.1) is 4.47 Å². The Kier molecular flexibility index (Phi) is 45.8. The second-order valence-electron chi connectivity index (χ2n) is 45.6. The van der Waals surface area contributed by atoms with Gasteiger partial charge in [0.15, 0.2) is 0 Å². The van der Waals surface area contributed by atoms with Crippen LogP contribution in [-0.4, -0.2) is 34.1 Å². The molecular formula is C133H160Br2Cl2FMo2N6O3W-3. The van der Waals surface area contributed by atoms with E-state index in [-0.39, 0.29) is 58.2 Å². The summed E-state index contributed by atoms with van der Waals surface area (Å²) in [6.45, 7) is 57.1. The molecule has 0 amide bonds. The molecule has 0 atom stereocenters. The average Bonchev–Trinajstić information content (AvgIpc) is 1.05. The average molecular weight is 2520 g/mol. The third-order valence-electron chi connectivity index (χ3n) is 28.1. The number of rotatable bonds is 15. The van der Waals surface area contributed by atoms with Gasteiger partial charge in [-0.1, -0.05) is 258 Å². The van der Waals surface area contributed by atoms with Crippen LogP contribution in [-0.2, 0) is 84.9 Å². The first kappa shape index (κ1) is 121. The molecule has 14 aromatic rings. The van der Waals surface area contributed by atoms with Crippen LogP contribution in [0.5, 0.6) is 17.2 Å². The van der Waals surface area contributed by atoms with Gasteiger partial charge >= 0.3 is 353 Å². The Morgan fingerprint density at radius 3 is 1.23 bits per heavy atom. The topological polar surface area (TPSA) is 140 Å². The normalized spacial score (nSPS) is 15.5. The number of halogens is 5. The number of para-hydroxylation sites is 1. The van der Waals surface area contributed by atoms with Gasteiger partial charge in [-0.3, -0.25) is 0 Å². The number of hydrogen-bond donors (Lipinski definition) is 3. The fourth-order valence-corrected chi connectivity index (χ4v) is 29.1. The Morgan fingerprint density at radius 2 is 0.827 bits per heavy atom. The Morgan fingerprint density at radius 1 is 0.420 bits per heavy atom. The van der Waals surface area contributed by atoms with Crippen LogP contribution in [0, 0.1) is 89.8 Å². The summed E-state index contributed by atoms with van der Waals surface area (Å²) in [5.74, 6) is 5.55. The van der Waals surface area contributed by atoms with Crippen molar-refractivity contribution in [1.82, 2.24) is 15.0 Å². The van der Waals surface area contributed by atoms with E-state index in [0.717, 1.165) is 104 Å². The van der Waals surface area contributed by atoms with Crippen LogP contribution in [0.25, 0.3) is 55.6 Å². The van der Waals surface area contributed by atoms with Crippen LogP contribution in [0.2, 0.25) is 10.0 Å². The minimum atomic E-state index is -0.850. The maximum Gasteiger partial charge on any atom is 0.131 e. The molecule has 0 spiro atoms. The van der Waals surface area contributed by atoms with Crippen LogP contribution in [0.15, 0.2) is 262 Å². The maximum absolute atomic E-state index is 13.9. The Bertz CT molecular complexity index is 6610. The minimum absolute atomic E-state index is 0.101. The van der Waals surface area contributed by atoms with Crippen molar-refractivity contribution in [2.75, 3.05) is 0 Å².